The SMILES string of the molecule is C=CCNC(=O)C(=O)N/N=C\c1ccc(OCC(=O)N2CCCC2)c(OC)c1. The molecule has 2 N–H and O–H groups in total. The number of carbonyl (C=O) groups excluding carboxylic acids is 3. The number of hydrogen-bond donors (Lipinski definition) is 2. The predicted octanol–water partition coefficient (Wildman–Crippen LogP) is 0.449. The number of carbonyl (C=O) groups is 3. The maximum atomic E-state index is 12.1. The zero-order valence-electron chi connectivity index (χ0n) is 15.8. The van der Waals surface area contributed by atoms with E-state index in [0.29, 0.717) is 17.1 Å². The Hall–Kier alpha value is -3.36. The second-order valence-corrected chi connectivity index (χ2v) is 5.98. The van der Waals surface area contributed by atoms with Crippen LogP contribution in [0.25, 0.3) is 0 Å². The van der Waals surface area contributed by atoms with Gasteiger partial charge in [0.1, 0.15) is 0 Å². The van der Waals surface area contributed by atoms with E-state index in [1.165, 1.54) is 19.4 Å². The van der Waals surface area contributed by atoms with Crippen molar-refractivity contribution >= 4 is 23.9 Å². The van der Waals surface area contributed by atoms with Gasteiger partial charge in [0.05, 0.1) is 13.3 Å². The fourth-order valence-corrected chi connectivity index (χ4v) is 2.54. The van der Waals surface area contributed by atoms with Crippen molar-refractivity contribution in [2.75, 3.05) is 33.4 Å². The van der Waals surface area contributed by atoms with Gasteiger partial charge in [0.25, 0.3) is 5.91 Å². The van der Waals surface area contributed by atoms with E-state index in [9.17, 15) is 14.4 Å². The Labute approximate surface area is 163 Å². The van der Waals surface area contributed by atoms with Crippen LogP contribution in [0.4, 0.5) is 0 Å². The minimum absolute atomic E-state index is 0.0531. The van der Waals surface area contributed by atoms with E-state index in [2.05, 4.69) is 22.4 Å². The number of benzene rings is 1. The molecule has 0 radical (unpaired) electrons. The van der Waals surface area contributed by atoms with E-state index in [-0.39, 0.29) is 19.1 Å². The molecule has 9 heteroatoms. The molecule has 0 spiro atoms. The van der Waals surface area contributed by atoms with E-state index in [1.807, 2.05) is 0 Å². The minimum Gasteiger partial charge on any atom is -0.493 e. The Kier molecular flexibility index (Phi) is 8.01. The molecule has 28 heavy (non-hydrogen) atoms. The first-order valence-corrected chi connectivity index (χ1v) is 8.86. The van der Waals surface area contributed by atoms with E-state index < -0.39 is 11.8 Å². The summed E-state index contributed by atoms with van der Waals surface area (Å²) in [7, 11) is 1.48. The molecule has 0 aromatic heterocycles. The molecule has 0 saturated carbocycles. The van der Waals surface area contributed by atoms with Crippen molar-refractivity contribution in [3.63, 3.8) is 0 Å². The van der Waals surface area contributed by atoms with Gasteiger partial charge in [0.15, 0.2) is 18.1 Å². The molecular formula is C19H24N4O5. The number of nitrogens with zero attached hydrogens (tertiary/aromatic N) is 2. The smallest absolute Gasteiger partial charge is 0.329 e. The number of rotatable bonds is 8. The lowest BCUT2D eigenvalue weighted by Gasteiger charge is -2.16. The third-order valence-corrected chi connectivity index (χ3v) is 3.99. The van der Waals surface area contributed by atoms with Crippen molar-refractivity contribution in [2.45, 2.75) is 12.8 Å². The Morgan fingerprint density at radius 2 is 1.96 bits per heavy atom. The van der Waals surface area contributed by atoms with Crippen molar-refractivity contribution in [1.29, 1.82) is 0 Å². The topological polar surface area (TPSA) is 109 Å². The predicted molar refractivity (Wildman–Crippen MR) is 103 cm³/mol. The minimum atomic E-state index is -0.884. The zero-order chi connectivity index (χ0) is 20.4. The summed E-state index contributed by atoms with van der Waals surface area (Å²) < 4.78 is 10.9. The number of ether oxygens (including phenoxy) is 2. The number of nitrogens with one attached hydrogen (secondary N) is 2. The summed E-state index contributed by atoms with van der Waals surface area (Å²) in [5.74, 6) is -0.887. The highest BCUT2D eigenvalue weighted by molar-refractivity contribution is 6.35. The quantitative estimate of drug-likeness (QED) is 0.291. The summed E-state index contributed by atoms with van der Waals surface area (Å²) >= 11 is 0. The molecule has 1 heterocycles. The molecule has 150 valence electrons. The fourth-order valence-electron chi connectivity index (χ4n) is 2.54. The number of amides is 3. The Morgan fingerprint density at radius 3 is 2.64 bits per heavy atom. The molecule has 3 amide bonds. The van der Waals surface area contributed by atoms with Crippen molar-refractivity contribution < 1.29 is 23.9 Å². The third-order valence-electron chi connectivity index (χ3n) is 3.99. The molecule has 1 aliphatic heterocycles. The molecule has 1 fully saturated rings. The molecule has 0 bridgehead atoms. The van der Waals surface area contributed by atoms with Gasteiger partial charge in [-0.1, -0.05) is 6.08 Å². The Bertz CT molecular complexity index is 757. The van der Waals surface area contributed by atoms with Gasteiger partial charge in [0.2, 0.25) is 0 Å². The number of hydrazone groups is 1. The van der Waals surface area contributed by atoms with Gasteiger partial charge in [-0.3, -0.25) is 14.4 Å². The van der Waals surface area contributed by atoms with Crippen LogP contribution in [0.5, 0.6) is 11.5 Å². The Balaban J connectivity index is 1.90. The average molecular weight is 388 g/mol. The standard InChI is InChI=1S/C19H24N4O5/c1-3-8-20-18(25)19(26)22-21-12-14-6-7-15(16(11-14)27-2)28-13-17(24)23-9-4-5-10-23/h3,6-7,11-12H,1,4-5,8-10,13H2,2H3,(H,20,25)(H,22,26)/b21-12-. The molecule has 2 rings (SSSR count). The van der Waals surface area contributed by atoms with Crippen LogP contribution in [0, 0.1) is 0 Å². The normalized spacial score (nSPS) is 13.2. The van der Waals surface area contributed by atoms with Gasteiger partial charge in [-0.15, -0.1) is 6.58 Å². The maximum Gasteiger partial charge on any atom is 0.329 e. The summed E-state index contributed by atoms with van der Waals surface area (Å²) in [6.07, 6.45) is 4.87. The van der Waals surface area contributed by atoms with Crippen molar-refractivity contribution in [3.05, 3.63) is 36.4 Å². The monoisotopic (exact) mass is 388 g/mol. The van der Waals surface area contributed by atoms with E-state index in [4.69, 9.17) is 9.47 Å². The van der Waals surface area contributed by atoms with Crippen LogP contribution in [-0.2, 0) is 14.4 Å². The molecule has 0 atom stereocenters. The lowest BCUT2D eigenvalue weighted by atomic mass is 10.2. The van der Waals surface area contributed by atoms with Gasteiger partial charge in [0, 0.05) is 19.6 Å². The first-order valence-electron chi connectivity index (χ1n) is 8.86. The largest absolute Gasteiger partial charge is 0.493 e. The van der Waals surface area contributed by atoms with E-state index >= 15 is 0 Å². The fraction of sp³-hybridized carbons (Fsp3) is 0.368. The van der Waals surface area contributed by atoms with Crippen LogP contribution < -0.4 is 20.2 Å². The molecule has 1 aromatic rings. The second kappa shape index (κ2) is 10.7. The van der Waals surface area contributed by atoms with Gasteiger partial charge in [-0.25, -0.2) is 5.43 Å². The summed E-state index contributed by atoms with van der Waals surface area (Å²) in [6, 6.07) is 4.98. The van der Waals surface area contributed by atoms with Crippen LogP contribution in [0.2, 0.25) is 0 Å². The molecule has 9 nitrogen and oxygen atoms in total. The summed E-state index contributed by atoms with van der Waals surface area (Å²) in [4.78, 5) is 36.8. The highest BCUT2D eigenvalue weighted by Gasteiger charge is 2.18. The van der Waals surface area contributed by atoms with Crippen LogP contribution in [-0.4, -0.2) is 62.2 Å². The van der Waals surface area contributed by atoms with Crippen molar-refractivity contribution in [1.82, 2.24) is 15.6 Å². The first kappa shape index (κ1) is 20.9. The highest BCUT2D eigenvalue weighted by Crippen LogP contribution is 2.27. The van der Waals surface area contributed by atoms with E-state index in [1.54, 1.807) is 23.1 Å². The molecule has 0 unspecified atom stereocenters. The van der Waals surface area contributed by atoms with Crippen LogP contribution in [0.15, 0.2) is 36.0 Å². The highest BCUT2D eigenvalue weighted by atomic mass is 16.5. The number of likely N-dealkylation sites (tertiary alicyclic amines) is 1. The lowest BCUT2D eigenvalue weighted by molar-refractivity contribution is -0.139. The molecular weight excluding hydrogens is 364 g/mol. The first-order chi connectivity index (χ1) is 13.5. The molecule has 1 saturated heterocycles. The third kappa shape index (κ3) is 6.11. The van der Waals surface area contributed by atoms with Crippen LogP contribution >= 0.6 is 0 Å². The lowest BCUT2D eigenvalue weighted by Crippen LogP contribution is -2.37. The van der Waals surface area contributed by atoms with Gasteiger partial charge in [-0.2, -0.15) is 5.10 Å². The van der Waals surface area contributed by atoms with Gasteiger partial charge < -0.3 is 19.7 Å². The summed E-state index contributed by atoms with van der Waals surface area (Å²) in [5, 5.41) is 6.07. The van der Waals surface area contributed by atoms with Crippen LogP contribution in [0.1, 0.15) is 18.4 Å². The average Bonchev–Trinajstić information content (AvgIpc) is 3.25. The summed E-state index contributed by atoms with van der Waals surface area (Å²) in [5.41, 5.74) is 2.74. The molecule has 1 aliphatic rings. The number of hydrogen-bond acceptors (Lipinski definition) is 6. The molecule has 0 aliphatic carbocycles. The van der Waals surface area contributed by atoms with Crippen molar-refractivity contribution in [2.24, 2.45) is 5.10 Å². The second-order valence-electron chi connectivity index (χ2n) is 5.98. The van der Waals surface area contributed by atoms with E-state index in [0.717, 1.165) is 25.9 Å². The molecule has 1 aromatic carbocycles. The maximum absolute atomic E-state index is 12.1. The van der Waals surface area contributed by atoms with Gasteiger partial charge in [-0.05, 0) is 36.6 Å². The number of methoxy groups -OCH3 is 1. The van der Waals surface area contributed by atoms with Crippen molar-refractivity contribution in [3.8, 4) is 11.5 Å². The van der Waals surface area contributed by atoms with Gasteiger partial charge >= 0.3 is 11.8 Å². The summed E-state index contributed by atoms with van der Waals surface area (Å²) in [6.45, 7) is 5.11. The Morgan fingerprint density at radius 1 is 1.21 bits per heavy atom. The zero-order valence-corrected chi connectivity index (χ0v) is 15.8. The van der Waals surface area contributed by atoms with Crippen LogP contribution in [0.3, 0.4) is 0 Å².